The van der Waals surface area contributed by atoms with Crippen LogP contribution in [0.2, 0.25) is 0 Å². The predicted molar refractivity (Wildman–Crippen MR) is 81.8 cm³/mol. The van der Waals surface area contributed by atoms with E-state index in [9.17, 15) is 9.18 Å². The predicted octanol–water partition coefficient (Wildman–Crippen LogP) is 2.74. The third kappa shape index (κ3) is 3.84. The fourth-order valence-electron chi connectivity index (χ4n) is 1.90. The third-order valence-corrected chi connectivity index (χ3v) is 3.97. The number of hydrogen-bond donors (Lipinski definition) is 0. The zero-order valence-corrected chi connectivity index (χ0v) is 13.1. The van der Waals surface area contributed by atoms with Crippen LogP contribution in [0.3, 0.4) is 0 Å². The number of ketones is 1. The summed E-state index contributed by atoms with van der Waals surface area (Å²) < 4.78 is 20.1. The fourth-order valence-corrected chi connectivity index (χ4v) is 2.57. The minimum Gasteiger partial charge on any atom is -0.414 e. The van der Waals surface area contributed by atoms with Crippen LogP contribution in [0, 0.1) is 12.7 Å². The molecule has 0 aliphatic carbocycles. The van der Waals surface area contributed by atoms with Crippen molar-refractivity contribution in [1.82, 2.24) is 20.0 Å². The number of hydrogen-bond acceptors (Lipinski definition) is 6. The summed E-state index contributed by atoms with van der Waals surface area (Å²) in [7, 11) is 0. The zero-order valence-electron chi connectivity index (χ0n) is 12.3. The molecule has 0 spiro atoms. The number of Topliss-reactive ketones (excluding diaryl/α,β-unsaturated/α-hetero) is 1. The van der Waals surface area contributed by atoms with Crippen LogP contribution in [0.4, 0.5) is 4.39 Å². The number of aryl methyl sites for hydroxylation is 1. The normalized spacial score (nSPS) is 10.9. The van der Waals surface area contributed by atoms with Gasteiger partial charge in [0.25, 0.3) is 5.22 Å². The Labute approximate surface area is 135 Å². The maximum Gasteiger partial charge on any atom is 0.277 e. The Bertz CT molecular complexity index is 813. The molecule has 3 aromatic rings. The van der Waals surface area contributed by atoms with Gasteiger partial charge in [-0.2, -0.15) is 5.10 Å². The van der Waals surface area contributed by atoms with Gasteiger partial charge in [0.1, 0.15) is 12.4 Å². The van der Waals surface area contributed by atoms with Gasteiger partial charge < -0.3 is 4.42 Å². The van der Waals surface area contributed by atoms with E-state index in [-0.39, 0.29) is 17.4 Å². The van der Waals surface area contributed by atoms with Crippen LogP contribution in [0.25, 0.3) is 0 Å². The summed E-state index contributed by atoms with van der Waals surface area (Å²) in [4.78, 5) is 12.0. The summed E-state index contributed by atoms with van der Waals surface area (Å²) >= 11 is 1.15. The Balaban J connectivity index is 1.58. The van der Waals surface area contributed by atoms with Gasteiger partial charge in [0.05, 0.1) is 5.75 Å². The molecule has 0 saturated carbocycles. The van der Waals surface area contributed by atoms with E-state index in [2.05, 4.69) is 15.3 Å². The zero-order chi connectivity index (χ0) is 16.2. The molecule has 2 heterocycles. The van der Waals surface area contributed by atoms with Crippen LogP contribution in [-0.2, 0) is 6.54 Å². The number of halogens is 1. The van der Waals surface area contributed by atoms with Gasteiger partial charge in [-0.1, -0.05) is 11.8 Å². The molecule has 2 aromatic heterocycles. The molecule has 0 atom stereocenters. The van der Waals surface area contributed by atoms with Crippen LogP contribution in [0.1, 0.15) is 21.9 Å². The molecule has 0 aliphatic heterocycles. The van der Waals surface area contributed by atoms with Crippen molar-refractivity contribution in [3.05, 3.63) is 59.5 Å². The number of rotatable bonds is 6. The summed E-state index contributed by atoms with van der Waals surface area (Å²) in [5.74, 6) is 0.0736. The highest BCUT2D eigenvalue weighted by Gasteiger charge is 2.12. The van der Waals surface area contributed by atoms with E-state index in [4.69, 9.17) is 4.42 Å². The Morgan fingerprint density at radius 3 is 2.74 bits per heavy atom. The van der Waals surface area contributed by atoms with Gasteiger partial charge in [0.2, 0.25) is 5.89 Å². The Morgan fingerprint density at radius 2 is 2.04 bits per heavy atom. The SMILES string of the molecule is Cc1ccnn1Cc1nnc(SCC(=O)c2ccc(F)cc2)o1. The first-order chi connectivity index (χ1) is 11.1. The first-order valence-corrected chi connectivity index (χ1v) is 7.83. The van der Waals surface area contributed by atoms with Gasteiger partial charge in [0.15, 0.2) is 5.78 Å². The van der Waals surface area contributed by atoms with Crippen LogP contribution in [-0.4, -0.2) is 31.5 Å². The molecule has 0 bridgehead atoms. The second-order valence-corrected chi connectivity index (χ2v) is 5.74. The van der Waals surface area contributed by atoms with Crippen molar-refractivity contribution >= 4 is 17.5 Å². The van der Waals surface area contributed by atoms with Gasteiger partial charge in [-0.3, -0.25) is 9.48 Å². The van der Waals surface area contributed by atoms with E-state index in [0.717, 1.165) is 17.5 Å². The van der Waals surface area contributed by atoms with Crippen LogP contribution in [0.15, 0.2) is 46.2 Å². The molecule has 0 unspecified atom stereocenters. The molecule has 23 heavy (non-hydrogen) atoms. The highest BCUT2D eigenvalue weighted by Crippen LogP contribution is 2.18. The van der Waals surface area contributed by atoms with Crippen LogP contribution < -0.4 is 0 Å². The summed E-state index contributed by atoms with van der Waals surface area (Å²) in [6.07, 6.45) is 1.70. The molecular formula is C15H13FN4O2S. The second-order valence-electron chi connectivity index (χ2n) is 4.81. The Kier molecular flexibility index (Phi) is 4.52. The van der Waals surface area contributed by atoms with Gasteiger partial charge in [-0.05, 0) is 37.3 Å². The van der Waals surface area contributed by atoms with E-state index in [1.807, 2.05) is 13.0 Å². The molecule has 6 nitrogen and oxygen atoms in total. The molecule has 118 valence electrons. The molecule has 8 heteroatoms. The van der Waals surface area contributed by atoms with Crippen molar-refractivity contribution in [2.75, 3.05) is 5.75 Å². The van der Waals surface area contributed by atoms with Gasteiger partial charge >= 0.3 is 0 Å². The first kappa shape index (κ1) is 15.4. The monoisotopic (exact) mass is 332 g/mol. The number of thioether (sulfide) groups is 1. The molecule has 0 saturated heterocycles. The number of carbonyl (C=O) groups excluding carboxylic acids is 1. The smallest absolute Gasteiger partial charge is 0.277 e. The number of aromatic nitrogens is 4. The van der Waals surface area contributed by atoms with Gasteiger partial charge in [-0.15, -0.1) is 10.2 Å². The second kappa shape index (κ2) is 6.74. The first-order valence-electron chi connectivity index (χ1n) is 6.84. The largest absolute Gasteiger partial charge is 0.414 e. The number of carbonyl (C=O) groups is 1. The summed E-state index contributed by atoms with van der Waals surface area (Å²) in [6.45, 7) is 2.32. The summed E-state index contributed by atoms with van der Waals surface area (Å²) in [6, 6.07) is 7.31. The molecule has 0 N–H and O–H groups in total. The molecule has 0 fully saturated rings. The van der Waals surface area contributed by atoms with E-state index < -0.39 is 0 Å². The lowest BCUT2D eigenvalue weighted by atomic mass is 10.1. The van der Waals surface area contributed by atoms with Crippen molar-refractivity contribution < 1.29 is 13.6 Å². The fraction of sp³-hybridized carbons (Fsp3) is 0.200. The minimum absolute atomic E-state index is 0.127. The Hall–Kier alpha value is -2.48. The van der Waals surface area contributed by atoms with Crippen molar-refractivity contribution in [2.24, 2.45) is 0 Å². The van der Waals surface area contributed by atoms with Crippen LogP contribution >= 0.6 is 11.8 Å². The Morgan fingerprint density at radius 1 is 1.26 bits per heavy atom. The van der Waals surface area contributed by atoms with Crippen molar-refractivity contribution in [3.8, 4) is 0 Å². The maximum absolute atomic E-state index is 12.8. The molecule has 0 amide bonds. The summed E-state index contributed by atoms with van der Waals surface area (Å²) in [5.41, 5.74) is 1.44. The molecule has 3 rings (SSSR count). The average Bonchev–Trinajstić information content (AvgIpc) is 3.16. The number of nitrogens with zero attached hydrogens (tertiary/aromatic N) is 4. The van der Waals surface area contributed by atoms with E-state index in [1.165, 1.54) is 24.3 Å². The lowest BCUT2D eigenvalue weighted by Gasteiger charge is -1.99. The lowest BCUT2D eigenvalue weighted by molar-refractivity contribution is 0.102. The standard InChI is InChI=1S/C15H13FN4O2S/c1-10-6-7-17-20(10)8-14-18-19-15(22-14)23-9-13(21)11-2-4-12(16)5-3-11/h2-7H,8-9H2,1H3. The summed E-state index contributed by atoms with van der Waals surface area (Å²) in [5, 5.41) is 12.3. The third-order valence-electron chi connectivity index (χ3n) is 3.16. The minimum atomic E-state index is -0.371. The molecular weight excluding hydrogens is 319 g/mol. The number of benzene rings is 1. The van der Waals surface area contributed by atoms with Gasteiger partial charge in [0, 0.05) is 17.5 Å². The van der Waals surface area contributed by atoms with Crippen molar-refractivity contribution in [2.45, 2.75) is 18.7 Å². The molecule has 0 aliphatic rings. The van der Waals surface area contributed by atoms with Crippen LogP contribution in [0.5, 0.6) is 0 Å². The van der Waals surface area contributed by atoms with Crippen molar-refractivity contribution in [1.29, 1.82) is 0 Å². The lowest BCUT2D eigenvalue weighted by Crippen LogP contribution is -2.03. The topological polar surface area (TPSA) is 73.8 Å². The highest BCUT2D eigenvalue weighted by atomic mass is 32.2. The average molecular weight is 332 g/mol. The quantitative estimate of drug-likeness (QED) is 0.510. The van der Waals surface area contributed by atoms with E-state index >= 15 is 0 Å². The van der Waals surface area contributed by atoms with Crippen molar-refractivity contribution in [3.63, 3.8) is 0 Å². The van der Waals surface area contributed by atoms with E-state index in [1.54, 1.807) is 10.9 Å². The highest BCUT2D eigenvalue weighted by molar-refractivity contribution is 7.99. The van der Waals surface area contributed by atoms with Gasteiger partial charge in [-0.25, -0.2) is 4.39 Å². The maximum atomic E-state index is 12.8. The van der Waals surface area contributed by atoms with E-state index in [0.29, 0.717) is 23.2 Å². The molecule has 0 radical (unpaired) electrons. The molecule has 1 aromatic carbocycles.